The maximum absolute atomic E-state index is 12.1. The molecule has 1 aliphatic heterocycles. The number of anilines is 1. The van der Waals surface area contributed by atoms with E-state index in [4.69, 9.17) is 9.47 Å². The highest BCUT2D eigenvalue weighted by Crippen LogP contribution is 2.34. The molecule has 1 N–H and O–H groups in total. The van der Waals surface area contributed by atoms with Crippen molar-refractivity contribution >= 4 is 23.4 Å². The number of rotatable bonds is 5. The predicted molar refractivity (Wildman–Crippen MR) is 92.6 cm³/mol. The van der Waals surface area contributed by atoms with Gasteiger partial charge in [0.15, 0.2) is 11.5 Å². The quantitative estimate of drug-likeness (QED) is 0.849. The van der Waals surface area contributed by atoms with Crippen LogP contribution in [0.5, 0.6) is 11.5 Å². The summed E-state index contributed by atoms with van der Waals surface area (Å²) in [5, 5.41) is 2.93. The number of benzene rings is 2. The van der Waals surface area contributed by atoms with Crippen LogP contribution in [0.25, 0.3) is 0 Å². The Kier molecular flexibility index (Phi) is 5.08. The molecule has 1 aliphatic rings. The zero-order chi connectivity index (χ0) is 16.1. The molecule has 2 aromatic rings. The molecule has 0 unspecified atom stereocenters. The van der Waals surface area contributed by atoms with Gasteiger partial charge in [0.2, 0.25) is 5.91 Å². The van der Waals surface area contributed by atoms with Gasteiger partial charge in [-0.15, -0.1) is 11.8 Å². The summed E-state index contributed by atoms with van der Waals surface area (Å²) in [6, 6.07) is 13.7. The second-order valence-corrected chi connectivity index (χ2v) is 6.25. The van der Waals surface area contributed by atoms with E-state index in [0.717, 1.165) is 28.5 Å². The van der Waals surface area contributed by atoms with Crippen LogP contribution < -0.4 is 14.8 Å². The van der Waals surface area contributed by atoms with E-state index < -0.39 is 0 Å². The van der Waals surface area contributed by atoms with Gasteiger partial charge < -0.3 is 14.8 Å². The van der Waals surface area contributed by atoms with E-state index in [1.807, 2.05) is 36.4 Å². The van der Waals surface area contributed by atoms with E-state index >= 15 is 0 Å². The van der Waals surface area contributed by atoms with Gasteiger partial charge >= 0.3 is 0 Å². The fourth-order valence-electron chi connectivity index (χ4n) is 2.33. The molecular formula is C18H19NO3S. The minimum absolute atomic E-state index is 0.0156. The number of fused-ring (bicyclic) bond motifs is 1. The smallest absolute Gasteiger partial charge is 0.234 e. The zero-order valence-corrected chi connectivity index (χ0v) is 13.8. The van der Waals surface area contributed by atoms with Gasteiger partial charge in [-0.1, -0.05) is 19.1 Å². The number of aryl methyl sites for hydroxylation is 1. The molecule has 1 amide bonds. The highest BCUT2D eigenvalue weighted by atomic mass is 32.2. The van der Waals surface area contributed by atoms with Crippen molar-refractivity contribution in [2.45, 2.75) is 18.2 Å². The molecule has 5 heteroatoms. The Labute approximate surface area is 140 Å². The Morgan fingerprint density at radius 3 is 2.78 bits per heavy atom. The Morgan fingerprint density at radius 1 is 1.13 bits per heavy atom. The van der Waals surface area contributed by atoms with Gasteiger partial charge in [-0.2, -0.15) is 0 Å². The molecule has 1 heterocycles. The summed E-state index contributed by atoms with van der Waals surface area (Å²) in [6.07, 6.45) is 0.954. The number of carbonyl (C=O) groups excluding carboxylic acids is 1. The van der Waals surface area contributed by atoms with E-state index in [1.165, 1.54) is 17.3 Å². The van der Waals surface area contributed by atoms with Gasteiger partial charge in [-0.3, -0.25) is 4.79 Å². The highest BCUT2D eigenvalue weighted by Gasteiger charge is 2.12. The topological polar surface area (TPSA) is 47.6 Å². The van der Waals surface area contributed by atoms with Gasteiger partial charge in [0.1, 0.15) is 13.2 Å². The highest BCUT2D eigenvalue weighted by molar-refractivity contribution is 8.00. The van der Waals surface area contributed by atoms with Crippen LogP contribution in [0, 0.1) is 0 Å². The second-order valence-electron chi connectivity index (χ2n) is 5.20. The lowest BCUT2D eigenvalue weighted by Crippen LogP contribution is -2.15. The lowest BCUT2D eigenvalue weighted by atomic mass is 10.1. The molecule has 0 saturated heterocycles. The maximum Gasteiger partial charge on any atom is 0.234 e. The van der Waals surface area contributed by atoms with E-state index in [9.17, 15) is 4.79 Å². The van der Waals surface area contributed by atoms with Crippen molar-refractivity contribution in [3.05, 3.63) is 48.0 Å². The summed E-state index contributed by atoms with van der Waals surface area (Å²) in [7, 11) is 0. The average molecular weight is 329 g/mol. The summed E-state index contributed by atoms with van der Waals surface area (Å²) in [6.45, 7) is 3.24. The average Bonchev–Trinajstić information content (AvgIpc) is 2.60. The molecule has 0 radical (unpaired) electrons. The van der Waals surface area contributed by atoms with Gasteiger partial charge in [0, 0.05) is 10.6 Å². The van der Waals surface area contributed by atoms with Crippen molar-refractivity contribution in [3.63, 3.8) is 0 Å². The molecule has 0 aliphatic carbocycles. The van der Waals surface area contributed by atoms with Crippen LogP contribution >= 0.6 is 11.8 Å². The standard InChI is InChI=1S/C18H19NO3S/c1-2-13-4-3-5-14(10-13)19-18(20)12-23-15-6-7-16-17(11-15)22-9-8-21-16/h3-7,10-11H,2,8-9,12H2,1H3,(H,19,20). The lowest BCUT2D eigenvalue weighted by Gasteiger charge is -2.18. The fraction of sp³-hybridized carbons (Fsp3) is 0.278. The van der Waals surface area contributed by atoms with Crippen LogP contribution in [0.3, 0.4) is 0 Å². The van der Waals surface area contributed by atoms with Gasteiger partial charge in [-0.05, 0) is 42.3 Å². The van der Waals surface area contributed by atoms with Crippen LogP contribution in [0.4, 0.5) is 5.69 Å². The predicted octanol–water partition coefficient (Wildman–Crippen LogP) is 3.75. The third kappa shape index (κ3) is 4.20. The molecule has 0 bridgehead atoms. The third-order valence-electron chi connectivity index (χ3n) is 3.50. The van der Waals surface area contributed by atoms with Crippen molar-refractivity contribution < 1.29 is 14.3 Å². The van der Waals surface area contributed by atoms with E-state index in [-0.39, 0.29) is 5.91 Å². The largest absolute Gasteiger partial charge is 0.486 e. The summed E-state index contributed by atoms with van der Waals surface area (Å²) in [5.41, 5.74) is 2.06. The van der Waals surface area contributed by atoms with Crippen molar-refractivity contribution in [1.82, 2.24) is 0 Å². The molecule has 0 atom stereocenters. The molecule has 3 rings (SSSR count). The molecule has 0 saturated carbocycles. The number of carbonyl (C=O) groups is 1. The van der Waals surface area contributed by atoms with E-state index in [1.54, 1.807) is 0 Å². The maximum atomic E-state index is 12.1. The zero-order valence-electron chi connectivity index (χ0n) is 13.0. The molecule has 23 heavy (non-hydrogen) atoms. The molecule has 2 aromatic carbocycles. The van der Waals surface area contributed by atoms with Crippen LogP contribution in [0.2, 0.25) is 0 Å². The first-order valence-corrected chi connectivity index (χ1v) is 8.64. The Bertz CT molecular complexity index is 702. The monoisotopic (exact) mass is 329 g/mol. The normalized spacial score (nSPS) is 12.7. The molecule has 0 fully saturated rings. The first kappa shape index (κ1) is 15.7. The SMILES string of the molecule is CCc1cccc(NC(=O)CSc2ccc3c(c2)OCCO3)c1. The summed E-state index contributed by atoms with van der Waals surface area (Å²) < 4.78 is 11.0. The van der Waals surface area contributed by atoms with Gasteiger partial charge in [0.25, 0.3) is 0 Å². The minimum Gasteiger partial charge on any atom is -0.486 e. The van der Waals surface area contributed by atoms with Crippen molar-refractivity contribution in [2.75, 3.05) is 24.3 Å². The number of nitrogens with one attached hydrogen (secondary N) is 1. The molecule has 0 aromatic heterocycles. The first-order valence-electron chi connectivity index (χ1n) is 7.66. The van der Waals surface area contributed by atoms with E-state index in [0.29, 0.717) is 19.0 Å². The number of amides is 1. The first-order chi connectivity index (χ1) is 11.2. The Morgan fingerprint density at radius 2 is 1.96 bits per heavy atom. The van der Waals surface area contributed by atoms with Crippen molar-refractivity contribution in [2.24, 2.45) is 0 Å². The van der Waals surface area contributed by atoms with Crippen LogP contribution in [-0.4, -0.2) is 24.9 Å². The number of hydrogen-bond acceptors (Lipinski definition) is 4. The van der Waals surface area contributed by atoms with Crippen molar-refractivity contribution in [1.29, 1.82) is 0 Å². The van der Waals surface area contributed by atoms with Crippen molar-refractivity contribution in [3.8, 4) is 11.5 Å². The van der Waals surface area contributed by atoms with Crippen LogP contribution in [-0.2, 0) is 11.2 Å². The second kappa shape index (κ2) is 7.42. The Balaban J connectivity index is 1.56. The summed E-state index contributed by atoms with van der Waals surface area (Å²) in [4.78, 5) is 13.1. The number of thioether (sulfide) groups is 1. The van der Waals surface area contributed by atoms with Crippen LogP contribution in [0.15, 0.2) is 47.4 Å². The fourth-order valence-corrected chi connectivity index (χ4v) is 3.05. The number of hydrogen-bond donors (Lipinski definition) is 1. The molecular weight excluding hydrogens is 310 g/mol. The summed E-state index contributed by atoms with van der Waals surface area (Å²) >= 11 is 1.48. The Hall–Kier alpha value is -2.14. The third-order valence-corrected chi connectivity index (χ3v) is 4.50. The van der Waals surface area contributed by atoms with Gasteiger partial charge in [0.05, 0.1) is 5.75 Å². The molecule has 0 spiro atoms. The van der Waals surface area contributed by atoms with E-state index in [2.05, 4.69) is 18.3 Å². The molecule has 120 valence electrons. The number of ether oxygens (including phenoxy) is 2. The lowest BCUT2D eigenvalue weighted by molar-refractivity contribution is -0.113. The minimum atomic E-state index is -0.0156. The van der Waals surface area contributed by atoms with Gasteiger partial charge in [-0.25, -0.2) is 0 Å². The summed E-state index contributed by atoms with van der Waals surface area (Å²) in [5.74, 6) is 1.85. The van der Waals surface area contributed by atoms with Crippen LogP contribution in [0.1, 0.15) is 12.5 Å². The molecule has 4 nitrogen and oxygen atoms in total.